The fourth-order valence-corrected chi connectivity index (χ4v) is 1.82. The van der Waals surface area contributed by atoms with E-state index in [1.165, 1.54) is 0 Å². The molecule has 1 aromatic rings. The molecular weight excluding hydrogens is 274 g/mol. The van der Waals surface area contributed by atoms with Gasteiger partial charge in [0.05, 0.1) is 12.2 Å². The van der Waals surface area contributed by atoms with Crippen LogP contribution in [0.1, 0.15) is 33.4 Å². The highest BCUT2D eigenvalue weighted by Crippen LogP contribution is 2.10. The Balaban J connectivity index is 2.59. The average molecular weight is 297 g/mol. The maximum absolute atomic E-state index is 11.6. The Morgan fingerprint density at radius 3 is 2.67 bits per heavy atom. The number of hydrogen-bond acceptors (Lipinski definition) is 4. The van der Waals surface area contributed by atoms with E-state index in [0.717, 1.165) is 12.2 Å². The number of aryl methyl sites for hydroxylation is 1. The molecule has 7 nitrogen and oxygen atoms in total. The van der Waals surface area contributed by atoms with Gasteiger partial charge in [-0.3, -0.25) is 4.79 Å². The average Bonchev–Trinajstić information content (AvgIpc) is 2.78. The molecule has 2 N–H and O–H groups in total. The van der Waals surface area contributed by atoms with E-state index in [1.807, 2.05) is 11.5 Å². The van der Waals surface area contributed by atoms with Gasteiger partial charge in [0.15, 0.2) is 0 Å². The zero-order valence-electron chi connectivity index (χ0n) is 12.9. The topological polar surface area (TPSA) is 93.5 Å². The summed E-state index contributed by atoms with van der Waals surface area (Å²) in [4.78, 5) is 26.9. The van der Waals surface area contributed by atoms with Gasteiger partial charge in [0.25, 0.3) is 0 Å². The number of ether oxygens (including phenoxy) is 1. The number of aromatic nitrogens is 2. The molecule has 0 spiro atoms. The van der Waals surface area contributed by atoms with Gasteiger partial charge >= 0.3 is 12.1 Å². The number of imidazole rings is 1. The molecule has 1 rings (SSSR count). The zero-order valence-corrected chi connectivity index (χ0v) is 12.9. The van der Waals surface area contributed by atoms with Crippen molar-refractivity contribution in [3.8, 4) is 0 Å². The molecule has 0 aliphatic carbocycles. The lowest BCUT2D eigenvalue weighted by molar-refractivity contribution is -0.141. The monoisotopic (exact) mass is 297 g/mol. The minimum atomic E-state index is -0.963. The number of amides is 1. The number of hydrogen-bond donors (Lipinski definition) is 2. The van der Waals surface area contributed by atoms with Crippen molar-refractivity contribution in [2.24, 2.45) is 5.92 Å². The predicted molar refractivity (Wildman–Crippen MR) is 77.0 cm³/mol. The molecule has 1 amide bonds. The first kappa shape index (κ1) is 17.0. The normalized spacial score (nSPS) is 12.8. The van der Waals surface area contributed by atoms with Gasteiger partial charge in [0.1, 0.15) is 5.60 Å². The highest BCUT2D eigenvalue weighted by Gasteiger charge is 2.22. The lowest BCUT2D eigenvalue weighted by atomic mass is 10.0. The zero-order chi connectivity index (χ0) is 16.0. The Morgan fingerprint density at radius 1 is 1.48 bits per heavy atom. The third-order valence-corrected chi connectivity index (χ3v) is 2.84. The van der Waals surface area contributed by atoms with Crippen molar-refractivity contribution in [3.63, 3.8) is 0 Å². The Bertz CT molecular complexity index is 491. The molecule has 0 bridgehead atoms. The highest BCUT2D eigenvalue weighted by atomic mass is 16.6. The van der Waals surface area contributed by atoms with E-state index in [1.54, 1.807) is 33.3 Å². The van der Waals surface area contributed by atoms with E-state index in [0.29, 0.717) is 6.42 Å². The lowest BCUT2D eigenvalue weighted by Crippen LogP contribution is -2.38. The van der Waals surface area contributed by atoms with Crippen LogP contribution in [0.3, 0.4) is 0 Å². The molecule has 0 saturated carbocycles. The molecule has 1 aromatic heterocycles. The quantitative estimate of drug-likeness (QED) is 0.833. The first-order valence-electron chi connectivity index (χ1n) is 6.91. The molecule has 0 aliphatic heterocycles. The highest BCUT2D eigenvalue weighted by molar-refractivity contribution is 5.73. The molecule has 0 saturated heterocycles. The van der Waals surface area contributed by atoms with Gasteiger partial charge in [0.2, 0.25) is 0 Å². The first-order chi connectivity index (χ1) is 9.73. The third kappa shape index (κ3) is 5.85. The summed E-state index contributed by atoms with van der Waals surface area (Å²) in [6, 6.07) is 0. The largest absolute Gasteiger partial charge is 0.481 e. The second-order valence-electron chi connectivity index (χ2n) is 5.79. The van der Waals surface area contributed by atoms with Crippen LogP contribution in [0.4, 0.5) is 4.79 Å². The van der Waals surface area contributed by atoms with Gasteiger partial charge in [-0.1, -0.05) is 0 Å². The Kier molecular flexibility index (Phi) is 5.75. The summed E-state index contributed by atoms with van der Waals surface area (Å²) in [5, 5.41) is 11.8. The van der Waals surface area contributed by atoms with Crippen LogP contribution in [0, 0.1) is 5.92 Å². The molecule has 0 radical (unpaired) electrons. The fourth-order valence-electron chi connectivity index (χ4n) is 1.82. The van der Waals surface area contributed by atoms with E-state index < -0.39 is 23.6 Å². The van der Waals surface area contributed by atoms with Crippen molar-refractivity contribution < 1.29 is 19.4 Å². The Labute approximate surface area is 124 Å². The summed E-state index contributed by atoms with van der Waals surface area (Å²) < 4.78 is 6.97. The molecule has 21 heavy (non-hydrogen) atoms. The van der Waals surface area contributed by atoms with Crippen LogP contribution in [0.15, 0.2) is 12.5 Å². The van der Waals surface area contributed by atoms with Crippen molar-refractivity contribution in [1.82, 2.24) is 14.9 Å². The summed E-state index contributed by atoms with van der Waals surface area (Å²) in [7, 11) is 0. The van der Waals surface area contributed by atoms with E-state index in [9.17, 15) is 14.7 Å². The van der Waals surface area contributed by atoms with Crippen molar-refractivity contribution in [2.45, 2.75) is 46.3 Å². The molecule has 118 valence electrons. The van der Waals surface area contributed by atoms with Crippen LogP contribution in [0.25, 0.3) is 0 Å². The summed E-state index contributed by atoms with van der Waals surface area (Å²) in [5.74, 6) is -1.69. The van der Waals surface area contributed by atoms with Gasteiger partial charge in [-0.2, -0.15) is 0 Å². The van der Waals surface area contributed by atoms with Gasteiger partial charge in [0, 0.05) is 31.4 Å². The Morgan fingerprint density at radius 2 is 2.14 bits per heavy atom. The van der Waals surface area contributed by atoms with Crippen molar-refractivity contribution in [2.75, 3.05) is 6.54 Å². The van der Waals surface area contributed by atoms with Gasteiger partial charge < -0.3 is 19.7 Å². The SMILES string of the molecule is CCn1cncc1CC(CNC(=O)OC(C)(C)C)C(=O)O. The van der Waals surface area contributed by atoms with E-state index >= 15 is 0 Å². The summed E-state index contributed by atoms with van der Waals surface area (Å²) in [5.41, 5.74) is 0.222. The number of carboxylic acids is 1. The maximum Gasteiger partial charge on any atom is 0.407 e. The van der Waals surface area contributed by atoms with Gasteiger partial charge in [-0.25, -0.2) is 9.78 Å². The van der Waals surface area contributed by atoms with E-state index in [-0.39, 0.29) is 6.54 Å². The van der Waals surface area contributed by atoms with E-state index in [2.05, 4.69) is 10.3 Å². The van der Waals surface area contributed by atoms with Gasteiger partial charge in [-0.05, 0) is 27.7 Å². The fraction of sp³-hybridized carbons (Fsp3) is 0.643. The molecule has 1 unspecified atom stereocenters. The first-order valence-corrected chi connectivity index (χ1v) is 6.91. The molecule has 1 atom stereocenters. The third-order valence-electron chi connectivity index (χ3n) is 2.84. The summed E-state index contributed by atoms with van der Waals surface area (Å²) in [6.07, 6.45) is 3.00. The lowest BCUT2D eigenvalue weighted by Gasteiger charge is -2.21. The number of carbonyl (C=O) groups excluding carboxylic acids is 1. The van der Waals surface area contributed by atoms with Crippen LogP contribution < -0.4 is 5.32 Å². The predicted octanol–water partition coefficient (Wildman–Crippen LogP) is 1.67. The van der Waals surface area contributed by atoms with Crippen molar-refractivity contribution in [1.29, 1.82) is 0 Å². The number of alkyl carbamates (subject to hydrolysis) is 1. The van der Waals surface area contributed by atoms with Crippen molar-refractivity contribution in [3.05, 3.63) is 18.2 Å². The standard InChI is InChI=1S/C14H23N3O4/c1-5-17-9-15-8-11(17)6-10(12(18)19)7-16-13(20)21-14(2,3)4/h8-10H,5-7H2,1-4H3,(H,16,20)(H,18,19). The number of aliphatic carboxylic acids is 1. The minimum Gasteiger partial charge on any atom is -0.481 e. The molecule has 0 aliphatic rings. The van der Waals surface area contributed by atoms with Crippen LogP contribution >= 0.6 is 0 Å². The number of rotatable bonds is 6. The number of carboxylic acid groups (broad SMARTS) is 1. The van der Waals surface area contributed by atoms with Crippen molar-refractivity contribution >= 4 is 12.1 Å². The van der Waals surface area contributed by atoms with E-state index in [4.69, 9.17) is 4.74 Å². The van der Waals surface area contributed by atoms with Gasteiger partial charge in [-0.15, -0.1) is 0 Å². The van der Waals surface area contributed by atoms with Crippen LogP contribution in [0.5, 0.6) is 0 Å². The van der Waals surface area contributed by atoms with Crippen LogP contribution in [-0.4, -0.2) is 38.9 Å². The molecule has 0 fully saturated rings. The molecule has 0 aromatic carbocycles. The maximum atomic E-state index is 11.6. The second-order valence-corrected chi connectivity index (χ2v) is 5.79. The Hall–Kier alpha value is -2.05. The molecular formula is C14H23N3O4. The van der Waals surface area contributed by atoms with Crippen LogP contribution in [0.2, 0.25) is 0 Å². The minimum absolute atomic E-state index is 0.0130. The smallest absolute Gasteiger partial charge is 0.407 e. The number of carbonyl (C=O) groups is 2. The number of nitrogens with one attached hydrogen (secondary N) is 1. The molecule has 1 heterocycles. The second kappa shape index (κ2) is 7.10. The molecule has 7 heteroatoms. The summed E-state index contributed by atoms with van der Waals surface area (Å²) in [6.45, 7) is 7.95. The number of nitrogens with zero attached hydrogens (tertiary/aromatic N) is 2. The van der Waals surface area contributed by atoms with Crippen LogP contribution in [-0.2, 0) is 22.5 Å². The summed E-state index contributed by atoms with van der Waals surface area (Å²) >= 11 is 0.